The molecule has 2 aromatic rings. The van der Waals surface area contributed by atoms with E-state index >= 15 is 0 Å². The second-order valence-electron chi connectivity index (χ2n) is 7.19. The molecule has 7 heteroatoms. The summed E-state index contributed by atoms with van der Waals surface area (Å²) in [6, 6.07) is 14.7. The molecule has 3 rings (SSSR count). The maximum atomic E-state index is 12.2. The normalized spacial score (nSPS) is 13.2. The van der Waals surface area contributed by atoms with Gasteiger partial charge in [0.05, 0.1) is 0 Å². The summed E-state index contributed by atoms with van der Waals surface area (Å²) in [4.78, 5) is 36.7. The maximum absolute atomic E-state index is 12.2. The third-order valence-electron chi connectivity index (χ3n) is 5.08. The number of carboxylic acids is 1. The number of carbonyl (C=O) groups is 3. The van der Waals surface area contributed by atoms with Crippen molar-refractivity contribution < 1.29 is 24.2 Å². The number of rotatable bonds is 7. The number of nitrogens with one attached hydrogen (secondary N) is 1. The van der Waals surface area contributed by atoms with Crippen LogP contribution in [0.3, 0.4) is 0 Å². The van der Waals surface area contributed by atoms with Gasteiger partial charge in [0.15, 0.2) is 0 Å². The van der Waals surface area contributed by atoms with Crippen LogP contribution < -0.4 is 5.32 Å². The fourth-order valence-corrected chi connectivity index (χ4v) is 3.53. The van der Waals surface area contributed by atoms with Crippen LogP contribution in [-0.4, -0.2) is 54.7 Å². The van der Waals surface area contributed by atoms with Crippen molar-refractivity contribution in [2.45, 2.75) is 24.8 Å². The van der Waals surface area contributed by atoms with Crippen LogP contribution in [0, 0.1) is 0 Å². The van der Waals surface area contributed by atoms with E-state index in [0.29, 0.717) is 0 Å². The number of alkyl carbamates (subject to hydrolysis) is 1. The van der Waals surface area contributed by atoms with Crippen molar-refractivity contribution in [2.24, 2.45) is 0 Å². The molecule has 0 radical (unpaired) electrons. The number of fused-ring (bicyclic) bond motifs is 3. The molecule has 0 fully saturated rings. The molecule has 152 valence electrons. The Morgan fingerprint density at radius 1 is 1.03 bits per heavy atom. The van der Waals surface area contributed by atoms with Gasteiger partial charge in [-0.1, -0.05) is 48.5 Å². The molecule has 1 atom stereocenters. The van der Waals surface area contributed by atoms with E-state index < -0.39 is 18.1 Å². The molecule has 0 spiro atoms. The van der Waals surface area contributed by atoms with Crippen molar-refractivity contribution in [2.75, 3.05) is 20.7 Å². The summed E-state index contributed by atoms with van der Waals surface area (Å²) in [5.74, 6) is -1.51. The zero-order chi connectivity index (χ0) is 21.0. The third-order valence-corrected chi connectivity index (χ3v) is 5.08. The van der Waals surface area contributed by atoms with E-state index in [0.717, 1.165) is 22.3 Å². The quantitative estimate of drug-likeness (QED) is 0.750. The lowest BCUT2D eigenvalue weighted by Gasteiger charge is -2.18. The molecule has 0 aromatic heterocycles. The van der Waals surface area contributed by atoms with Crippen molar-refractivity contribution in [1.82, 2.24) is 10.2 Å². The summed E-state index contributed by atoms with van der Waals surface area (Å²) in [6.45, 7) is 0.100. The van der Waals surface area contributed by atoms with E-state index in [4.69, 9.17) is 4.74 Å². The molecule has 0 saturated carbocycles. The van der Waals surface area contributed by atoms with Gasteiger partial charge in [0, 0.05) is 26.4 Å². The van der Waals surface area contributed by atoms with Crippen molar-refractivity contribution >= 4 is 18.0 Å². The number of aliphatic carboxylic acids is 1. The predicted molar refractivity (Wildman–Crippen MR) is 108 cm³/mol. The van der Waals surface area contributed by atoms with Crippen LogP contribution in [0.15, 0.2) is 48.5 Å². The van der Waals surface area contributed by atoms with Crippen LogP contribution in [0.1, 0.15) is 29.9 Å². The Kier molecular flexibility index (Phi) is 6.16. The van der Waals surface area contributed by atoms with Gasteiger partial charge in [-0.3, -0.25) is 4.79 Å². The van der Waals surface area contributed by atoms with Gasteiger partial charge in [0.2, 0.25) is 5.91 Å². The van der Waals surface area contributed by atoms with Crippen LogP contribution in [-0.2, 0) is 14.3 Å². The van der Waals surface area contributed by atoms with Gasteiger partial charge in [-0.05, 0) is 28.7 Å². The number of carboxylic acid groups (broad SMARTS) is 1. The highest BCUT2D eigenvalue weighted by Crippen LogP contribution is 2.44. The molecule has 29 heavy (non-hydrogen) atoms. The number of hydrogen-bond donors (Lipinski definition) is 2. The fraction of sp³-hybridized carbons (Fsp3) is 0.318. The molecule has 0 saturated heterocycles. The summed E-state index contributed by atoms with van der Waals surface area (Å²) in [5.41, 5.74) is 4.38. The first-order valence-corrected chi connectivity index (χ1v) is 9.43. The minimum atomic E-state index is -1.20. The predicted octanol–water partition coefficient (Wildman–Crippen LogP) is 2.85. The van der Waals surface area contributed by atoms with E-state index in [-0.39, 0.29) is 31.3 Å². The summed E-state index contributed by atoms with van der Waals surface area (Å²) in [7, 11) is 3.19. The van der Waals surface area contributed by atoms with Gasteiger partial charge in [-0.25, -0.2) is 9.59 Å². The molecule has 2 amide bonds. The topological polar surface area (TPSA) is 95.9 Å². The molecular formula is C22H24N2O5. The molecule has 1 aliphatic carbocycles. The van der Waals surface area contributed by atoms with Crippen molar-refractivity contribution in [3.05, 3.63) is 59.7 Å². The minimum absolute atomic E-state index is 0.00343. The van der Waals surface area contributed by atoms with Crippen molar-refractivity contribution in [3.63, 3.8) is 0 Å². The first-order valence-electron chi connectivity index (χ1n) is 9.43. The Labute approximate surface area is 169 Å². The second kappa shape index (κ2) is 8.77. The Balaban J connectivity index is 1.63. The number of carbonyl (C=O) groups excluding carboxylic acids is 2. The summed E-state index contributed by atoms with van der Waals surface area (Å²) < 4.78 is 5.37. The molecule has 0 bridgehead atoms. The first-order chi connectivity index (χ1) is 13.9. The Bertz CT molecular complexity index is 879. The molecule has 2 N–H and O–H groups in total. The van der Waals surface area contributed by atoms with E-state index in [9.17, 15) is 19.5 Å². The van der Waals surface area contributed by atoms with Crippen molar-refractivity contribution in [3.8, 4) is 11.1 Å². The maximum Gasteiger partial charge on any atom is 0.407 e. The lowest BCUT2D eigenvalue weighted by atomic mass is 9.98. The van der Waals surface area contributed by atoms with Crippen LogP contribution >= 0.6 is 0 Å². The number of nitrogens with zero attached hydrogens (tertiary/aromatic N) is 1. The molecule has 2 aromatic carbocycles. The van der Waals surface area contributed by atoms with Crippen LogP contribution in [0.4, 0.5) is 4.79 Å². The summed E-state index contributed by atoms with van der Waals surface area (Å²) in [6.07, 6.45) is -0.791. The van der Waals surface area contributed by atoms with Crippen LogP contribution in [0.2, 0.25) is 0 Å². The highest BCUT2D eigenvalue weighted by atomic mass is 16.5. The number of hydrogen-bond acceptors (Lipinski definition) is 4. The number of benzene rings is 2. The van der Waals surface area contributed by atoms with Gasteiger partial charge in [-0.2, -0.15) is 0 Å². The highest BCUT2D eigenvalue weighted by molar-refractivity contribution is 5.82. The average Bonchev–Trinajstić information content (AvgIpc) is 3.03. The average molecular weight is 396 g/mol. The molecule has 7 nitrogen and oxygen atoms in total. The van der Waals surface area contributed by atoms with Crippen LogP contribution in [0.25, 0.3) is 11.1 Å². The molecule has 0 heterocycles. The monoisotopic (exact) mass is 396 g/mol. The third kappa shape index (κ3) is 4.56. The zero-order valence-corrected chi connectivity index (χ0v) is 16.4. The second-order valence-corrected chi connectivity index (χ2v) is 7.19. The van der Waals surface area contributed by atoms with E-state index in [1.54, 1.807) is 14.1 Å². The summed E-state index contributed by atoms with van der Waals surface area (Å²) >= 11 is 0. The van der Waals surface area contributed by atoms with E-state index in [1.165, 1.54) is 4.90 Å². The molecular weight excluding hydrogens is 372 g/mol. The van der Waals surface area contributed by atoms with E-state index in [2.05, 4.69) is 5.32 Å². The van der Waals surface area contributed by atoms with Gasteiger partial charge < -0.3 is 20.1 Å². The van der Waals surface area contributed by atoms with E-state index in [1.807, 2.05) is 48.5 Å². The minimum Gasteiger partial charge on any atom is -0.480 e. The Morgan fingerprint density at radius 3 is 2.10 bits per heavy atom. The number of amides is 2. The van der Waals surface area contributed by atoms with Gasteiger partial charge in [-0.15, -0.1) is 0 Å². The van der Waals surface area contributed by atoms with Gasteiger partial charge >= 0.3 is 12.1 Å². The largest absolute Gasteiger partial charge is 0.480 e. The SMILES string of the molecule is CN(C)C(=O)CC[C@@H](NC(=O)OCC1c2ccccc2-c2ccccc21)C(=O)O. The van der Waals surface area contributed by atoms with Crippen LogP contribution in [0.5, 0.6) is 0 Å². The lowest BCUT2D eigenvalue weighted by molar-refractivity contribution is -0.139. The fourth-order valence-electron chi connectivity index (χ4n) is 3.53. The molecule has 0 aliphatic heterocycles. The Hall–Kier alpha value is -3.35. The lowest BCUT2D eigenvalue weighted by Crippen LogP contribution is -2.42. The zero-order valence-electron chi connectivity index (χ0n) is 16.4. The molecule has 1 aliphatic rings. The molecule has 0 unspecified atom stereocenters. The highest BCUT2D eigenvalue weighted by Gasteiger charge is 2.29. The summed E-state index contributed by atoms with van der Waals surface area (Å²) in [5, 5.41) is 11.7. The smallest absolute Gasteiger partial charge is 0.407 e. The standard InChI is InChI=1S/C22H24N2O5/c1-24(2)20(25)12-11-19(21(26)27)23-22(28)29-13-18-16-9-5-3-7-14(16)15-8-4-6-10-17(15)18/h3-10,18-19H,11-13H2,1-2H3,(H,23,28)(H,26,27)/t19-/m1/s1. The van der Waals surface area contributed by atoms with Gasteiger partial charge in [0.25, 0.3) is 0 Å². The van der Waals surface area contributed by atoms with Crippen molar-refractivity contribution in [1.29, 1.82) is 0 Å². The number of ether oxygens (including phenoxy) is 1. The van der Waals surface area contributed by atoms with Gasteiger partial charge in [0.1, 0.15) is 12.6 Å². The Morgan fingerprint density at radius 2 is 1.59 bits per heavy atom. The first kappa shape index (κ1) is 20.4.